The highest BCUT2D eigenvalue weighted by Crippen LogP contribution is 2.17. The van der Waals surface area contributed by atoms with Crippen molar-refractivity contribution in [3.05, 3.63) is 61.0 Å². The largest absolute Gasteiger partial charge is 0.382 e. The highest BCUT2D eigenvalue weighted by Gasteiger charge is 2.07. The first kappa shape index (κ1) is 13.8. The van der Waals surface area contributed by atoms with Gasteiger partial charge in [-0.1, -0.05) is 38.0 Å². The summed E-state index contributed by atoms with van der Waals surface area (Å²) >= 11 is 0. The van der Waals surface area contributed by atoms with Crippen molar-refractivity contribution in [2.24, 2.45) is 15.7 Å². The van der Waals surface area contributed by atoms with Crippen LogP contribution in [0.25, 0.3) is 0 Å². The minimum Gasteiger partial charge on any atom is -0.382 e. The lowest BCUT2D eigenvalue weighted by molar-refractivity contribution is 1.34. The maximum atomic E-state index is 5.74. The molecule has 0 rings (SSSR count). The molecule has 0 heterocycles. The van der Waals surface area contributed by atoms with Crippen molar-refractivity contribution >= 4 is 12.6 Å². The molecular formula is C13H17N3. The number of aliphatic imine (C=N–C) groups is 2. The summed E-state index contributed by atoms with van der Waals surface area (Å²) in [7, 11) is 0. The second-order valence-corrected chi connectivity index (χ2v) is 2.85. The average molecular weight is 215 g/mol. The van der Waals surface area contributed by atoms with Crippen LogP contribution in [0, 0.1) is 0 Å². The molecule has 0 bridgehead atoms. The predicted molar refractivity (Wildman–Crippen MR) is 72.5 cm³/mol. The van der Waals surface area contributed by atoms with Crippen molar-refractivity contribution in [1.82, 2.24) is 0 Å². The van der Waals surface area contributed by atoms with E-state index in [1.54, 1.807) is 6.08 Å². The van der Waals surface area contributed by atoms with Crippen LogP contribution in [0.3, 0.4) is 0 Å². The topological polar surface area (TPSA) is 50.7 Å². The van der Waals surface area contributed by atoms with E-state index in [1.165, 1.54) is 6.20 Å². The minimum atomic E-state index is 0.251. The van der Waals surface area contributed by atoms with Crippen LogP contribution in [-0.4, -0.2) is 12.6 Å². The van der Waals surface area contributed by atoms with Gasteiger partial charge in [-0.25, -0.2) is 4.99 Å². The molecule has 0 atom stereocenters. The number of rotatable bonds is 6. The van der Waals surface area contributed by atoms with Crippen molar-refractivity contribution in [1.29, 1.82) is 0 Å². The molecule has 0 radical (unpaired) electrons. The first-order valence-electron chi connectivity index (χ1n) is 4.72. The first-order chi connectivity index (χ1) is 7.62. The number of hydrogen-bond acceptors (Lipinski definition) is 2. The molecule has 0 amide bonds. The lowest BCUT2D eigenvalue weighted by atomic mass is 10.0. The average Bonchev–Trinajstić information content (AvgIpc) is 2.28. The highest BCUT2D eigenvalue weighted by molar-refractivity contribution is 5.99. The summed E-state index contributed by atoms with van der Waals surface area (Å²) in [4.78, 5) is 7.73. The fourth-order valence-electron chi connectivity index (χ4n) is 1.08. The van der Waals surface area contributed by atoms with E-state index >= 15 is 0 Å². The van der Waals surface area contributed by atoms with E-state index in [1.807, 2.05) is 19.1 Å². The van der Waals surface area contributed by atoms with Crippen molar-refractivity contribution in [2.75, 3.05) is 0 Å². The molecule has 0 fully saturated rings. The minimum absolute atomic E-state index is 0.251. The normalized spacial score (nSPS) is 13.2. The zero-order valence-corrected chi connectivity index (χ0v) is 9.61. The molecule has 0 aliphatic rings. The number of hydrogen-bond donors (Lipinski definition) is 1. The molecule has 0 unspecified atom stereocenters. The van der Waals surface area contributed by atoms with Crippen LogP contribution < -0.4 is 5.73 Å². The molecule has 84 valence electrons. The molecule has 0 aromatic rings. The van der Waals surface area contributed by atoms with Crippen LogP contribution in [0.15, 0.2) is 71.0 Å². The third-order valence-corrected chi connectivity index (χ3v) is 1.81. The Kier molecular flexibility index (Phi) is 6.21. The van der Waals surface area contributed by atoms with Gasteiger partial charge in [0, 0.05) is 11.8 Å². The Morgan fingerprint density at radius 1 is 1.31 bits per heavy atom. The van der Waals surface area contributed by atoms with Crippen LogP contribution >= 0.6 is 0 Å². The van der Waals surface area contributed by atoms with Crippen LogP contribution in [-0.2, 0) is 0 Å². The van der Waals surface area contributed by atoms with Crippen LogP contribution in [0.4, 0.5) is 0 Å². The zero-order valence-electron chi connectivity index (χ0n) is 9.61. The molecule has 0 aliphatic heterocycles. The maximum Gasteiger partial charge on any atom is 0.149 e. The fourth-order valence-corrected chi connectivity index (χ4v) is 1.08. The molecule has 3 nitrogen and oxygen atoms in total. The van der Waals surface area contributed by atoms with Gasteiger partial charge in [-0.3, -0.25) is 4.99 Å². The summed E-state index contributed by atoms with van der Waals surface area (Å²) in [5, 5.41) is 0. The molecule has 3 heteroatoms. The van der Waals surface area contributed by atoms with Crippen molar-refractivity contribution in [3.63, 3.8) is 0 Å². The van der Waals surface area contributed by atoms with Gasteiger partial charge in [0.1, 0.15) is 11.5 Å². The van der Waals surface area contributed by atoms with E-state index in [9.17, 15) is 0 Å². The summed E-state index contributed by atoms with van der Waals surface area (Å²) in [5.74, 6) is 0.251. The Hall–Kier alpha value is -2.16. The van der Waals surface area contributed by atoms with Gasteiger partial charge < -0.3 is 5.73 Å². The van der Waals surface area contributed by atoms with Gasteiger partial charge in [0.15, 0.2) is 0 Å². The predicted octanol–water partition coefficient (Wildman–Crippen LogP) is 2.76. The highest BCUT2D eigenvalue weighted by atomic mass is 14.9. The van der Waals surface area contributed by atoms with Gasteiger partial charge in [0.2, 0.25) is 0 Å². The third-order valence-electron chi connectivity index (χ3n) is 1.81. The quantitative estimate of drug-likeness (QED) is 0.413. The summed E-state index contributed by atoms with van der Waals surface area (Å²) in [6.45, 7) is 16.3. The molecular weight excluding hydrogens is 198 g/mol. The van der Waals surface area contributed by atoms with Crippen molar-refractivity contribution in [3.8, 4) is 0 Å². The molecule has 0 aromatic heterocycles. The SMILES string of the molecule is C=CN=C(N)/C(N=C)=C(\C=C\C)C(=C)C=C. The molecule has 0 aliphatic carbocycles. The summed E-state index contributed by atoms with van der Waals surface area (Å²) in [6, 6.07) is 0. The number of nitrogens with two attached hydrogens (primary N) is 1. The van der Waals surface area contributed by atoms with Gasteiger partial charge in [0.05, 0.1) is 0 Å². The van der Waals surface area contributed by atoms with Gasteiger partial charge in [-0.05, 0) is 19.2 Å². The summed E-state index contributed by atoms with van der Waals surface area (Å²) in [5.41, 5.74) is 7.67. The van der Waals surface area contributed by atoms with Crippen LogP contribution in [0.2, 0.25) is 0 Å². The van der Waals surface area contributed by atoms with Gasteiger partial charge in [-0.15, -0.1) is 0 Å². The third kappa shape index (κ3) is 3.53. The fraction of sp³-hybridized carbons (Fsp3) is 0.0769. The van der Waals surface area contributed by atoms with E-state index in [0.29, 0.717) is 11.3 Å². The summed E-state index contributed by atoms with van der Waals surface area (Å²) < 4.78 is 0. The molecule has 0 aromatic carbocycles. The van der Waals surface area contributed by atoms with Crippen LogP contribution in [0.5, 0.6) is 0 Å². The number of allylic oxidation sites excluding steroid dienone is 5. The molecule has 16 heavy (non-hydrogen) atoms. The number of amidine groups is 1. The monoisotopic (exact) mass is 215 g/mol. The van der Waals surface area contributed by atoms with Crippen molar-refractivity contribution < 1.29 is 0 Å². The smallest absolute Gasteiger partial charge is 0.149 e. The van der Waals surface area contributed by atoms with Gasteiger partial charge in [-0.2, -0.15) is 0 Å². The van der Waals surface area contributed by atoms with Gasteiger partial charge >= 0.3 is 0 Å². The summed E-state index contributed by atoms with van der Waals surface area (Å²) in [6.07, 6.45) is 6.67. The van der Waals surface area contributed by atoms with E-state index in [-0.39, 0.29) is 5.84 Å². The number of nitrogens with zero attached hydrogens (tertiary/aromatic N) is 2. The maximum absolute atomic E-state index is 5.74. The van der Waals surface area contributed by atoms with Crippen molar-refractivity contribution in [2.45, 2.75) is 6.92 Å². The van der Waals surface area contributed by atoms with E-state index in [4.69, 9.17) is 5.73 Å². The lowest BCUT2D eigenvalue weighted by Gasteiger charge is -2.07. The zero-order chi connectivity index (χ0) is 12.6. The second-order valence-electron chi connectivity index (χ2n) is 2.85. The Balaban J connectivity index is 5.76. The Labute approximate surface area is 96.8 Å². The molecule has 0 spiro atoms. The molecule has 2 N–H and O–H groups in total. The van der Waals surface area contributed by atoms with E-state index in [2.05, 4.69) is 36.4 Å². The van der Waals surface area contributed by atoms with Crippen LogP contribution in [0.1, 0.15) is 6.92 Å². The Morgan fingerprint density at radius 3 is 2.31 bits per heavy atom. The Morgan fingerprint density at radius 2 is 1.94 bits per heavy atom. The Bertz CT molecular complexity index is 395. The first-order valence-corrected chi connectivity index (χ1v) is 4.72. The van der Waals surface area contributed by atoms with E-state index in [0.717, 1.165) is 5.57 Å². The molecule has 0 saturated carbocycles. The second kappa shape index (κ2) is 7.17. The lowest BCUT2D eigenvalue weighted by Crippen LogP contribution is -2.15. The van der Waals surface area contributed by atoms with E-state index < -0.39 is 0 Å². The standard InChI is InChI=1S/C13H17N3/c1-6-9-11(10(4)7-2)12(15-5)13(14)16-8-3/h6-9H,2-5H2,1H3,(H2,14,16)/b9-6+,12-11-. The van der Waals surface area contributed by atoms with Gasteiger partial charge in [0.25, 0.3) is 0 Å². The molecule has 0 saturated heterocycles.